The van der Waals surface area contributed by atoms with Crippen LogP contribution in [0.3, 0.4) is 0 Å². The van der Waals surface area contributed by atoms with Gasteiger partial charge in [-0.1, -0.05) is 6.92 Å². The summed E-state index contributed by atoms with van der Waals surface area (Å²) in [4.78, 5) is 6.39. The van der Waals surface area contributed by atoms with Crippen molar-refractivity contribution in [3.8, 4) is 6.07 Å². The van der Waals surface area contributed by atoms with Crippen molar-refractivity contribution in [3.63, 3.8) is 0 Å². The maximum absolute atomic E-state index is 8.74. The molecule has 5 heteroatoms. The Hall–Kier alpha value is -1.93. The maximum atomic E-state index is 8.74. The van der Waals surface area contributed by atoms with Crippen molar-refractivity contribution in [2.75, 3.05) is 11.9 Å². The number of nitrogens with zero attached hydrogens (tertiary/aromatic N) is 4. The molecule has 2 aromatic rings. The minimum absolute atomic E-state index is 0.661. The van der Waals surface area contributed by atoms with Gasteiger partial charge in [0.15, 0.2) is 0 Å². The zero-order chi connectivity index (χ0) is 12.3. The fourth-order valence-electron chi connectivity index (χ4n) is 1.39. The Morgan fingerprint density at radius 1 is 1.35 bits per heavy atom. The van der Waals surface area contributed by atoms with Crippen LogP contribution in [0.5, 0.6) is 0 Å². The number of nitriles is 1. The monoisotopic (exact) mass is 244 g/mol. The molecule has 0 fully saturated rings. The van der Waals surface area contributed by atoms with Crippen LogP contribution in [-0.2, 0) is 6.42 Å². The molecule has 0 radical (unpaired) electrons. The van der Waals surface area contributed by atoms with E-state index in [9.17, 15) is 0 Å². The number of anilines is 2. The Morgan fingerprint density at radius 3 is 2.59 bits per heavy atom. The van der Waals surface area contributed by atoms with Gasteiger partial charge in [-0.25, -0.2) is 4.98 Å². The van der Waals surface area contributed by atoms with Crippen molar-refractivity contribution < 1.29 is 0 Å². The molecule has 1 aromatic heterocycles. The van der Waals surface area contributed by atoms with Gasteiger partial charge >= 0.3 is 0 Å². The summed E-state index contributed by atoms with van der Waals surface area (Å²) >= 11 is 1.39. The molecule has 0 aliphatic heterocycles. The summed E-state index contributed by atoms with van der Waals surface area (Å²) in [7, 11) is 1.95. The molecule has 1 aromatic carbocycles. The summed E-state index contributed by atoms with van der Waals surface area (Å²) in [5.41, 5.74) is 1.66. The molecule has 1 heterocycles. The highest BCUT2D eigenvalue weighted by atomic mass is 32.1. The van der Waals surface area contributed by atoms with E-state index in [0.717, 1.165) is 23.1 Å². The summed E-state index contributed by atoms with van der Waals surface area (Å²) in [5, 5.41) is 9.60. The Morgan fingerprint density at radius 2 is 2.06 bits per heavy atom. The Balaban J connectivity index is 2.24. The predicted molar refractivity (Wildman–Crippen MR) is 68.5 cm³/mol. The average Bonchev–Trinajstić information content (AvgIpc) is 2.87. The van der Waals surface area contributed by atoms with E-state index in [4.69, 9.17) is 5.26 Å². The van der Waals surface area contributed by atoms with E-state index in [2.05, 4.69) is 15.4 Å². The van der Waals surface area contributed by atoms with Gasteiger partial charge in [-0.05, 0) is 24.3 Å². The normalized spacial score (nSPS) is 9.94. The van der Waals surface area contributed by atoms with E-state index in [0.29, 0.717) is 5.56 Å². The number of aryl methyl sites for hydroxylation is 1. The first kappa shape index (κ1) is 11.6. The van der Waals surface area contributed by atoms with Gasteiger partial charge in [-0.15, -0.1) is 0 Å². The van der Waals surface area contributed by atoms with Crippen LogP contribution in [0.25, 0.3) is 0 Å². The minimum atomic E-state index is 0.661. The van der Waals surface area contributed by atoms with E-state index in [1.165, 1.54) is 11.5 Å². The molecule has 0 bridgehead atoms. The van der Waals surface area contributed by atoms with E-state index < -0.39 is 0 Å². The van der Waals surface area contributed by atoms with Crippen molar-refractivity contribution in [2.24, 2.45) is 0 Å². The van der Waals surface area contributed by atoms with Crippen LogP contribution < -0.4 is 4.90 Å². The second-order valence-corrected chi connectivity index (χ2v) is 4.29. The topological polar surface area (TPSA) is 52.8 Å². The third-order valence-electron chi connectivity index (χ3n) is 2.44. The highest BCUT2D eigenvalue weighted by molar-refractivity contribution is 7.09. The van der Waals surface area contributed by atoms with Crippen molar-refractivity contribution in [1.29, 1.82) is 5.26 Å². The fourth-order valence-corrected chi connectivity index (χ4v) is 2.13. The van der Waals surface area contributed by atoms with E-state index in [1.54, 1.807) is 12.1 Å². The summed E-state index contributed by atoms with van der Waals surface area (Å²) in [6, 6.07) is 9.52. The fraction of sp³-hybridized carbons (Fsp3) is 0.250. The van der Waals surface area contributed by atoms with Crippen LogP contribution >= 0.6 is 11.5 Å². The van der Waals surface area contributed by atoms with Gasteiger partial charge in [-0.3, -0.25) is 0 Å². The summed E-state index contributed by atoms with van der Waals surface area (Å²) < 4.78 is 4.25. The van der Waals surface area contributed by atoms with Gasteiger partial charge < -0.3 is 4.90 Å². The van der Waals surface area contributed by atoms with Gasteiger partial charge in [0.05, 0.1) is 11.6 Å². The lowest BCUT2D eigenvalue weighted by atomic mass is 10.2. The zero-order valence-electron chi connectivity index (χ0n) is 9.71. The first-order valence-electron chi connectivity index (χ1n) is 5.31. The maximum Gasteiger partial charge on any atom is 0.209 e. The van der Waals surface area contributed by atoms with Crippen LogP contribution in [0.1, 0.15) is 18.3 Å². The predicted octanol–water partition coefficient (Wildman–Crippen LogP) is 2.74. The van der Waals surface area contributed by atoms with E-state index >= 15 is 0 Å². The SMILES string of the molecule is CCc1nsc(N(C)c2ccc(C#N)cc2)n1. The highest BCUT2D eigenvalue weighted by Crippen LogP contribution is 2.25. The molecular formula is C12H12N4S. The van der Waals surface area contributed by atoms with Gasteiger partial charge in [0, 0.05) is 30.7 Å². The van der Waals surface area contributed by atoms with E-state index in [1.807, 2.05) is 31.0 Å². The molecular weight excluding hydrogens is 232 g/mol. The van der Waals surface area contributed by atoms with Gasteiger partial charge in [0.1, 0.15) is 5.82 Å². The quantitative estimate of drug-likeness (QED) is 0.833. The second-order valence-electron chi connectivity index (χ2n) is 3.56. The third kappa shape index (κ3) is 2.43. The average molecular weight is 244 g/mol. The molecule has 0 saturated heterocycles. The Labute approximate surface area is 104 Å². The number of hydrogen-bond donors (Lipinski definition) is 0. The van der Waals surface area contributed by atoms with Crippen LogP contribution in [0.2, 0.25) is 0 Å². The molecule has 0 atom stereocenters. The van der Waals surface area contributed by atoms with E-state index in [-0.39, 0.29) is 0 Å². The third-order valence-corrected chi connectivity index (χ3v) is 3.27. The summed E-state index contributed by atoms with van der Waals surface area (Å²) in [5.74, 6) is 0.866. The van der Waals surface area contributed by atoms with Crippen molar-refractivity contribution in [3.05, 3.63) is 35.7 Å². The lowest BCUT2D eigenvalue weighted by Crippen LogP contribution is -2.08. The zero-order valence-corrected chi connectivity index (χ0v) is 10.5. The van der Waals surface area contributed by atoms with Crippen LogP contribution in [-0.4, -0.2) is 16.4 Å². The lowest BCUT2D eigenvalue weighted by molar-refractivity contribution is 0.989. The first-order chi connectivity index (χ1) is 8.24. The number of aromatic nitrogens is 2. The molecule has 4 nitrogen and oxygen atoms in total. The largest absolute Gasteiger partial charge is 0.320 e. The van der Waals surface area contributed by atoms with Crippen LogP contribution in [0, 0.1) is 11.3 Å². The second kappa shape index (κ2) is 4.93. The smallest absolute Gasteiger partial charge is 0.209 e. The molecule has 0 spiro atoms. The Kier molecular flexibility index (Phi) is 3.35. The van der Waals surface area contributed by atoms with Crippen LogP contribution in [0.15, 0.2) is 24.3 Å². The summed E-state index contributed by atoms with van der Waals surface area (Å²) in [6.45, 7) is 2.04. The molecule has 2 rings (SSSR count). The summed E-state index contributed by atoms with van der Waals surface area (Å²) in [6.07, 6.45) is 0.845. The molecule has 0 unspecified atom stereocenters. The number of benzene rings is 1. The van der Waals surface area contributed by atoms with Crippen molar-refractivity contribution in [2.45, 2.75) is 13.3 Å². The molecule has 0 amide bonds. The van der Waals surface area contributed by atoms with Gasteiger partial charge in [0.2, 0.25) is 5.13 Å². The van der Waals surface area contributed by atoms with Crippen molar-refractivity contribution in [1.82, 2.24) is 9.36 Å². The van der Waals surface area contributed by atoms with Crippen LogP contribution in [0.4, 0.5) is 10.8 Å². The Bertz CT molecular complexity index is 538. The standard InChI is InChI=1S/C12H12N4S/c1-3-11-14-12(17-15-11)16(2)10-6-4-9(8-13)5-7-10/h4-7H,3H2,1-2H3. The lowest BCUT2D eigenvalue weighted by Gasteiger charge is -2.14. The highest BCUT2D eigenvalue weighted by Gasteiger charge is 2.09. The molecule has 0 aliphatic carbocycles. The number of hydrogen-bond acceptors (Lipinski definition) is 5. The van der Waals surface area contributed by atoms with Crippen molar-refractivity contribution >= 4 is 22.4 Å². The minimum Gasteiger partial charge on any atom is -0.320 e. The number of rotatable bonds is 3. The first-order valence-corrected chi connectivity index (χ1v) is 6.08. The molecule has 0 aliphatic rings. The van der Waals surface area contributed by atoms with Gasteiger partial charge in [0.25, 0.3) is 0 Å². The molecule has 17 heavy (non-hydrogen) atoms. The van der Waals surface area contributed by atoms with Gasteiger partial charge in [-0.2, -0.15) is 9.64 Å². The molecule has 0 saturated carbocycles. The molecule has 86 valence electrons. The molecule has 0 N–H and O–H groups in total.